The van der Waals surface area contributed by atoms with Crippen LogP contribution in [-0.2, 0) is 4.74 Å². The standard InChI is InChI=1S/C11H23NO/c1-3-5-6-10(4-2)11-9-12-7-8-13-11/h10-12H,3-9H2,1-2H3. The minimum absolute atomic E-state index is 0.477. The van der Waals surface area contributed by atoms with Gasteiger partial charge in [0.25, 0.3) is 0 Å². The minimum Gasteiger partial charge on any atom is -0.375 e. The van der Waals surface area contributed by atoms with E-state index in [0.29, 0.717) is 6.10 Å². The number of hydrogen-bond acceptors (Lipinski definition) is 2. The highest BCUT2D eigenvalue weighted by Gasteiger charge is 2.21. The summed E-state index contributed by atoms with van der Waals surface area (Å²) in [4.78, 5) is 0. The molecular formula is C11H23NO. The second-order valence-electron chi connectivity index (χ2n) is 3.92. The van der Waals surface area contributed by atoms with E-state index in [2.05, 4.69) is 19.2 Å². The molecule has 0 amide bonds. The van der Waals surface area contributed by atoms with Gasteiger partial charge in [0.1, 0.15) is 0 Å². The van der Waals surface area contributed by atoms with E-state index >= 15 is 0 Å². The lowest BCUT2D eigenvalue weighted by Crippen LogP contribution is -2.42. The summed E-state index contributed by atoms with van der Waals surface area (Å²) in [6.07, 6.45) is 5.71. The van der Waals surface area contributed by atoms with Gasteiger partial charge in [-0.05, 0) is 12.3 Å². The summed E-state index contributed by atoms with van der Waals surface area (Å²) in [5, 5.41) is 3.40. The molecule has 1 heterocycles. The SMILES string of the molecule is CCCCC(CC)C1CNCCO1. The molecule has 2 unspecified atom stereocenters. The van der Waals surface area contributed by atoms with Crippen molar-refractivity contribution in [3.05, 3.63) is 0 Å². The third kappa shape index (κ3) is 3.65. The van der Waals surface area contributed by atoms with Crippen LogP contribution in [0.2, 0.25) is 0 Å². The first-order chi connectivity index (χ1) is 6.38. The van der Waals surface area contributed by atoms with Crippen LogP contribution in [0.3, 0.4) is 0 Å². The molecule has 1 N–H and O–H groups in total. The molecule has 1 rings (SSSR count). The van der Waals surface area contributed by atoms with Gasteiger partial charge in [-0.2, -0.15) is 0 Å². The maximum Gasteiger partial charge on any atom is 0.0728 e. The van der Waals surface area contributed by atoms with E-state index in [1.165, 1.54) is 25.7 Å². The Bertz CT molecular complexity index is 121. The van der Waals surface area contributed by atoms with Crippen molar-refractivity contribution in [2.75, 3.05) is 19.7 Å². The van der Waals surface area contributed by atoms with Gasteiger partial charge in [0, 0.05) is 13.1 Å². The molecule has 1 fully saturated rings. The third-order valence-corrected chi connectivity index (χ3v) is 2.93. The first kappa shape index (κ1) is 11.0. The van der Waals surface area contributed by atoms with Crippen LogP contribution in [0.1, 0.15) is 39.5 Å². The highest BCUT2D eigenvalue weighted by Crippen LogP contribution is 2.20. The molecule has 2 heteroatoms. The predicted octanol–water partition coefficient (Wildman–Crippen LogP) is 2.19. The zero-order chi connectivity index (χ0) is 9.52. The normalized spacial score (nSPS) is 25.8. The molecule has 1 aliphatic heterocycles. The Balaban J connectivity index is 2.26. The molecule has 13 heavy (non-hydrogen) atoms. The maximum atomic E-state index is 5.77. The summed E-state index contributed by atoms with van der Waals surface area (Å²) >= 11 is 0. The molecule has 0 saturated carbocycles. The second kappa shape index (κ2) is 6.39. The van der Waals surface area contributed by atoms with Gasteiger partial charge >= 0.3 is 0 Å². The van der Waals surface area contributed by atoms with Crippen LogP contribution in [0.15, 0.2) is 0 Å². The van der Waals surface area contributed by atoms with Gasteiger partial charge in [-0.15, -0.1) is 0 Å². The summed E-state index contributed by atoms with van der Waals surface area (Å²) in [5.41, 5.74) is 0. The number of rotatable bonds is 5. The van der Waals surface area contributed by atoms with Crippen LogP contribution < -0.4 is 5.32 Å². The van der Waals surface area contributed by atoms with Crippen molar-refractivity contribution in [3.8, 4) is 0 Å². The highest BCUT2D eigenvalue weighted by molar-refractivity contribution is 4.74. The molecule has 0 aliphatic carbocycles. The Labute approximate surface area is 82.0 Å². The van der Waals surface area contributed by atoms with E-state index < -0.39 is 0 Å². The van der Waals surface area contributed by atoms with Crippen molar-refractivity contribution in [2.45, 2.75) is 45.6 Å². The lowest BCUT2D eigenvalue weighted by molar-refractivity contribution is -0.0130. The van der Waals surface area contributed by atoms with Crippen molar-refractivity contribution in [3.63, 3.8) is 0 Å². The van der Waals surface area contributed by atoms with Crippen LogP contribution in [-0.4, -0.2) is 25.8 Å². The molecule has 2 nitrogen and oxygen atoms in total. The number of ether oxygens (including phenoxy) is 1. The fraction of sp³-hybridized carbons (Fsp3) is 1.00. The van der Waals surface area contributed by atoms with Crippen molar-refractivity contribution in [1.82, 2.24) is 5.32 Å². The fourth-order valence-corrected chi connectivity index (χ4v) is 2.01. The Morgan fingerprint density at radius 1 is 1.46 bits per heavy atom. The summed E-state index contributed by atoms with van der Waals surface area (Å²) < 4.78 is 5.77. The zero-order valence-corrected chi connectivity index (χ0v) is 9.01. The minimum atomic E-state index is 0.477. The fourth-order valence-electron chi connectivity index (χ4n) is 2.01. The van der Waals surface area contributed by atoms with Gasteiger partial charge in [-0.25, -0.2) is 0 Å². The first-order valence-electron chi connectivity index (χ1n) is 5.70. The van der Waals surface area contributed by atoms with Crippen molar-refractivity contribution in [1.29, 1.82) is 0 Å². The quantitative estimate of drug-likeness (QED) is 0.709. The molecule has 0 aromatic carbocycles. The molecule has 2 atom stereocenters. The second-order valence-corrected chi connectivity index (χ2v) is 3.92. The molecule has 1 saturated heterocycles. The lowest BCUT2D eigenvalue weighted by Gasteiger charge is -2.30. The molecule has 0 bridgehead atoms. The van der Waals surface area contributed by atoms with Gasteiger partial charge in [-0.1, -0.05) is 33.1 Å². The van der Waals surface area contributed by atoms with Crippen LogP contribution in [0.5, 0.6) is 0 Å². The van der Waals surface area contributed by atoms with Crippen LogP contribution >= 0.6 is 0 Å². The van der Waals surface area contributed by atoms with Crippen molar-refractivity contribution < 1.29 is 4.74 Å². The Morgan fingerprint density at radius 3 is 2.85 bits per heavy atom. The molecule has 0 radical (unpaired) electrons. The smallest absolute Gasteiger partial charge is 0.0728 e. The average Bonchev–Trinajstić information content (AvgIpc) is 2.21. The third-order valence-electron chi connectivity index (χ3n) is 2.93. The first-order valence-corrected chi connectivity index (χ1v) is 5.70. The van der Waals surface area contributed by atoms with Crippen LogP contribution in [0, 0.1) is 5.92 Å². The summed E-state index contributed by atoms with van der Waals surface area (Å²) in [7, 11) is 0. The van der Waals surface area contributed by atoms with Crippen LogP contribution in [0.4, 0.5) is 0 Å². The number of nitrogens with one attached hydrogen (secondary N) is 1. The molecule has 0 aromatic heterocycles. The predicted molar refractivity (Wildman–Crippen MR) is 55.9 cm³/mol. The van der Waals surface area contributed by atoms with Gasteiger partial charge < -0.3 is 10.1 Å². The van der Waals surface area contributed by atoms with E-state index in [0.717, 1.165) is 25.6 Å². The number of unbranched alkanes of at least 4 members (excludes halogenated alkanes) is 1. The van der Waals surface area contributed by atoms with Crippen LogP contribution in [0.25, 0.3) is 0 Å². The van der Waals surface area contributed by atoms with E-state index in [-0.39, 0.29) is 0 Å². The largest absolute Gasteiger partial charge is 0.375 e. The van der Waals surface area contributed by atoms with E-state index in [1.807, 2.05) is 0 Å². The van der Waals surface area contributed by atoms with Gasteiger partial charge in [0.15, 0.2) is 0 Å². The topological polar surface area (TPSA) is 21.3 Å². The molecule has 78 valence electrons. The molecular weight excluding hydrogens is 162 g/mol. The monoisotopic (exact) mass is 185 g/mol. The van der Waals surface area contributed by atoms with Crippen molar-refractivity contribution >= 4 is 0 Å². The van der Waals surface area contributed by atoms with Gasteiger partial charge in [0.2, 0.25) is 0 Å². The van der Waals surface area contributed by atoms with E-state index in [1.54, 1.807) is 0 Å². The molecule has 0 spiro atoms. The Kier molecular flexibility index (Phi) is 5.40. The zero-order valence-electron chi connectivity index (χ0n) is 9.01. The van der Waals surface area contributed by atoms with Crippen molar-refractivity contribution in [2.24, 2.45) is 5.92 Å². The summed E-state index contributed by atoms with van der Waals surface area (Å²) in [5.74, 6) is 0.771. The molecule has 1 aliphatic rings. The van der Waals surface area contributed by atoms with E-state index in [4.69, 9.17) is 4.74 Å². The highest BCUT2D eigenvalue weighted by atomic mass is 16.5. The summed E-state index contributed by atoms with van der Waals surface area (Å²) in [6, 6.07) is 0. The van der Waals surface area contributed by atoms with Gasteiger partial charge in [-0.3, -0.25) is 0 Å². The molecule has 0 aromatic rings. The number of hydrogen-bond donors (Lipinski definition) is 1. The number of morpholine rings is 1. The maximum absolute atomic E-state index is 5.77. The Hall–Kier alpha value is -0.0800. The average molecular weight is 185 g/mol. The Morgan fingerprint density at radius 2 is 2.31 bits per heavy atom. The summed E-state index contributed by atoms with van der Waals surface area (Å²) in [6.45, 7) is 7.52. The van der Waals surface area contributed by atoms with Gasteiger partial charge in [0.05, 0.1) is 12.7 Å². The lowest BCUT2D eigenvalue weighted by atomic mass is 9.93. The van der Waals surface area contributed by atoms with E-state index in [9.17, 15) is 0 Å².